The fraction of sp³-hybridized carbons (Fsp3) is 0.600. The topological polar surface area (TPSA) is 22.2 Å². The molecule has 1 aromatic rings. The molecule has 0 saturated heterocycles. The van der Waals surface area contributed by atoms with Crippen LogP contribution in [0.1, 0.15) is 32.2 Å². The van der Waals surface area contributed by atoms with Gasteiger partial charge in [-0.05, 0) is 12.3 Å². The normalized spacial score (nSPS) is 11.4. The fourth-order valence-electron chi connectivity index (χ4n) is 1.62. The summed E-state index contributed by atoms with van der Waals surface area (Å²) in [5.74, 6) is 0. The Kier molecular flexibility index (Phi) is 2.17. The third-order valence-corrected chi connectivity index (χ3v) is 2.01. The molecule has 0 aliphatic carbocycles. The predicted octanol–water partition coefficient (Wildman–Crippen LogP) is 2.58. The van der Waals surface area contributed by atoms with Gasteiger partial charge >= 0.3 is 0 Å². The first-order chi connectivity index (χ1) is 5.88. The summed E-state index contributed by atoms with van der Waals surface area (Å²) in [4.78, 5) is 3.52. The van der Waals surface area contributed by atoms with Gasteiger partial charge in [0, 0.05) is 7.05 Å². The van der Waals surface area contributed by atoms with E-state index < -0.39 is 0 Å². The Morgan fingerprint density at radius 1 is 1.38 bits per heavy atom. The van der Waals surface area contributed by atoms with Gasteiger partial charge in [0.1, 0.15) is 0 Å². The Hall–Kier alpha value is -1.30. The first-order valence-electron chi connectivity index (χ1n) is 4.29. The predicted molar refractivity (Wildman–Crippen MR) is 52.9 cm³/mol. The molecule has 0 aliphatic heterocycles. The van der Waals surface area contributed by atoms with E-state index in [1.165, 1.54) is 0 Å². The highest BCUT2D eigenvalue weighted by Gasteiger charge is 2.24. The molecule has 0 radical (unpaired) electrons. The number of aromatic nitrogens is 2. The first kappa shape index (κ1) is 9.79. The van der Waals surface area contributed by atoms with Crippen molar-refractivity contribution < 1.29 is 0 Å². The molecule has 0 N–H and O–H groups in total. The lowest BCUT2D eigenvalue weighted by atomic mass is 9.90. The van der Waals surface area contributed by atoms with Gasteiger partial charge in [-0.15, -0.1) is 0 Å². The third-order valence-electron chi connectivity index (χ3n) is 2.01. The molecule has 0 fully saturated rings. The maximum atomic E-state index is 7.09. The fourth-order valence-corrected chi connectivity index (χ4v) is 1.62. The molecule has 3 nitrogen and oxygen atoms in total. The van der Waals surface area contributed by atoms with Gasteiger partial charge in [-0.2, -0.15) is 5.10 Å². The van der Waals surface area contributed by atoms with Gasteiger partial charge in [0.15, 0.2) is 0 Å². The molecular formula is C10H15N3. The van der Waals surface area contributed by atoms with Gasteiger partial charge in [-0.1, -0.05) is 20.8 Å². The van der Waals surface area contributed by atoms with E-state index in [9.17, 15) is 0 Å². The quantitative estimate of drug-likeness (QED) is 0.558. The second kappa shape index (κ2) is 2.88. The van der Waals surface area contributed by atoms with E-state index in [2.05, 4.69) is 30.7 Å². The van der Waals surface area contributed by atoms with Gasteiger partial charge in [0.05, 0.1) is 18.0 Å². The van der Waals surface area contributed by atoms with Crippen molar-refractivity contribution in [2.45, 2.75) is 33.1 Å². The van der Waals surface area contributed by atoms with Gasteiger partial charge in [0.25, 0.3) is 0 Å². The van der Waals surface area contributed by atoms with Crippen molar-refractivity contribution in [2.24, 2.45) is 7.05 Å². The van der Waals surface area contributed by atoms with Crippen LogP contribution in [-0.4, -0.2) is 9.78 Å². The summed E-state index contributed by atoms with van der Waals surface area (Å²) in [5.41, 5.74) is 2.52. The maximum Gasteiger partial charge on any atom is 0.230 e. The molecule has 0 bridgehead atoms. The second-order valence-electron chi connectivity index (χ2n) is 4.27. The largest absolute Gasteiger partial charge is 0.283 e. The van der Waals surface area contributed by atoms with Crippen molar-refractivity contribution in [1.29, 1.82) is 0 Å². The monoisotopic (exact) mass is 177 g/mol. The third kappa shape index (κ3) is 1.57. The molecule has 70 valence electrons. The smallest absolute Gasteiger partial charge is 0.230 e. The second-order valence-corrected chi connectivity index (χ2v) is 4.27. The standard InChI is InChI=1S/C10H15N3/c1-7-8(11-5)9(10(2,3)4)13(6)12-7/h1-4,6H3. The number of nitrogens with zero attached hydrogens (tertiary/aromatic N) is 3. The minimum Gasteiger partial charge on any atom is -0.283 e. The summed E-state index contributed by atoms with van der Waals surface area (Å²) in [5, 5.41) is 4.25. The van der Waals surface area contributed by atoms with Crippen LogP contribution in [0.15, 0.2) is 0 Å². The van der Waals surface area contributed by atoms with Crippen molar-refractivity contribution in [2.75, 3.05) is 0 Å². The molecule has 3 heteroatoms. The summed E-state index contributed by atoms with van der Waals surface area (Å²) in [6, 6.07) is 0. The van der Waals surface area contributed by atoms with Crippen LogP contribution < -0.4 is 0 Å². The average molecular weight is 177 g/mol. The van der Waals surface area contributed by atoms with Crippen molar-refractivity contribution in [1.82, 2.24) is 9.78 Å². The molecule has 13 heavy (non-hydrogen) atoms. The molecule has 0 saturated carbocycles. The molecule has 0 spiro atoms. The Morgan fingerprint density at radius 3 is 2.23 bits per heavy atom. The summed E-state index contributed by atoms with van der Waals surface area (Å²) in [7, 11) is 1.89. The number of aryl methyl sites for hydroxylation is 2. The van der Waals surface area contributed by atoms with Gasteiger partial charge in [-0.25, -0.2) is 4.85 Å². The van der Waals surface area contributed by atoms with E-state index in [1.54, 1.807) is 0 Å². The number of hydrogen-bond donors (Lipinski definition) is 0. The van der Waals surface area contributed by atoms with Crippen molar-refractivity contribution in [3.8, 4) is 0 Å². The van der Waals surface area contributed by atoms with Gasteiger partial charge in [0.2, 0.25) is 5.69 Å². The van der Waals surface area contributed by atoms with E-state index in [0.29, 0.717) is 5.69 Å². The lowest BCUT2D eigenvalue weighted by molar-refractivity contribution is 0.525. The van der Waals surface area contributed by atoms with Crippen LogP contribution in [0, 0.1) is 13.5 Å². The summed E-state index contributed by atoms with van der Waals surface area (Å²) < 4.78 is 1.81. The SMILES string of the molecule is [C-]#[N+]c1c(C)nn(C)c1C(C)(C)C. The number of hydrogen-bond acceptors (Lipinski definition) is 1. The van der Waals surface area contributed by atoms with Crippen LogP contribution in [0.5, 0.6) is 0 Å². The maximum absolute atomic E-state index is 7.09. The zero-order valence-electron chi connectivity index (χ0n) is 8.84. The van der Waals surface area contributed by atoms with Crippen LogP contribution in [0.3, 0.4) is 0 Å². The summed E-state index contributed by atoms with van der Waals surface area (Å²) in [6.07, 6.45) is 0. The van der Waals surface area contributed by atoms with Crippen LogP contribution in [0.25, 0.3) is 4.85 Å². The highest BCUT2D eigenvalue weighted by molar-refractivity contribution is 5.56. The average Bonchev–Trinajstić information content (AvgIpc) is 2.23. The van der Waals surface area contributed by atoms with E-state index in [0.717, 1.165) is 11.4 Å². The molecule has 1 heterocycles. The Labute approximate surface area is 79.2 Å². The minimum atomic E-state index is -0.0180. The highest BCUT2D eigenvalue weighted by Crippen LogP contribution is 2.33. The minimum absolute atomic E-state index is 0.0180. The van der Waals surface area contributed by atoms with Crippen molar-refractivity contribution >= 4 is 5.69 Å². The zero-order chi connectivity index (χ0) is 10.2. The molecule has 0 aromatic carbocycles. The van der Waals surface area contributed by atoms with E-state index in [1.807, 2.05) is 18.7 Å². The van der Waals surface area contributed by atoms with Crippen LogP contribution in [0.2, 0.25) is 0 Å². The molecule has 1 aromatic heterocycles. The number of rotatable bonds is 0. The summed E-state index contributed by atoms with van der Waals surface area (Å²) in [6.45, 7) is 15.3. The molecule has 0 amide bonds. The van der Waals surface area contributed by atoms with Crippen LogP contribution in [0.4, 0.5) is 5.69 Å². The van der Waals surface area contributed by atoms with Crippen molar-refractivity contribution in [3.05, 3.63) is 22.8 Å². The molecule has 0 atom stereocenters. The Morgan fingerprint density at radius 2 is 1.92 bits per heavy atom. The lowest BCUT2D eigenvalue weighted by Crippen LogP contribution is -2.16. The van der Waals surface area contributed by atoms with Crippen molar-refractivity contribution in [3.63, 3.8) is 0 Å². The summed E-state index contributed by atoms with van der Waals surface area (Å²) >= 11 is 0. The lowest BCUT2D eigenvalue weighted by Gasteiger charge is -2.19. The molecular weight excluding hydrogens is 162 g/mol. The van der Waals surface area contributed by atoms with E-state index in [-0.39, 0.29) is 5.41 Å². The molecule has 0 unspecified atom stereocenters. The Balaban J connectivity index is 3.45. The first-order valence-corrected chi connectivity index (χ1v) is 4.29. The molecule has 1 rings (SSSR count). The Bertz CT molecular complexity index is 361. The van der Waals surface area contributed by atoms with Crippen LogP contribution >= 0.6 is 0 Å². The van der Waals surface area contributed by atoms with Gasteiger partial charge < -0.3 is 0 Å². The van der Waals surface area contributed by atoms with E-state index >= 15 is 0 Å². The van der Waals surface area contributed by atoms with Crippen LogP contribution in [-0.2, 0) is 12.5 Å². The van der Waals surface area contributed by atoms with E-state index in [4.69, 9.17) is 6.57 Å². The highest BCUT2D eigenvalue weighted by atomic mass is 15.3. The molecule has 0 aliphatic rings. The van der Waals surface area contributed by atoms with Gasteiger partial charge in [-0.3, -0.25) is 4.68 Å². The zero-order valence-corrected chi connectivity index (χ0v) is 8.84.